The first-order valence-electron chi connectivity index (χ1n) is 11.1. The van der Waals surface area contributed by atoms with Crippen molar-refractivity contribution in [2.75, 3.05) is 20.2 Å². The van der Waals surface area contributed by atoms with Gasteiger partial charge in [0.05, 0.1) is 24.2 Å². The van der Waals surface area contributed by atoms with Gasteiger partial charge in [0.25, 0.3) is 0 Å². The van der Waals surface area contributed by atoms with Crippen molar-refractivity contribution >= 4 is 26.7 Å². The van der Waals surface area contributed by atoms with Crippen LogP contribution in [0.25, 0.3) is 10.8 Å². The minimum absolute atomic E-state index is 0.0708. The van der Waals surface area contributed by atoms with Crippen molar-refractivity contribution < 1.29 is 17.9 Å². The highest BCUT2D eigenvalue weighted by molar-refractivity contribution is 7.89. The maximum Gasteiger partial charge on any atom is 0.243 e. The molecule has 1 fully saturated rings. The molecule has 4 rings (SSSR count). The highest BCUT2D eigenvalue weighted by Gasteiger charge is 2.32. The Morgan fingerprint density at radius 1 is 1.12 bits per heavy atom. The van der Waals surface area contributed by atoms with Gasteiger partial charge in [-0.2, -0.15) is 4.31 Å². The molecule has 1 saturated heterocycles. The molecule has 0 aliphatic carbocycles. The van der Waals surface area contributed by atoms with Gasteiger partial charge in [0.15, 0.2) is 0 Å². The lowest BCUT2D eigenvalue weighted by Crippen LogP contribution is -2.42. The van der Waals surface area contributed by atoms with E-state index in [1.54, 1.807) is 25.4 Å². The van der Waals surface area contributed by atoms with Crippen molar-refractivity contribution in [3.63, 3.8) is 0 Å². The molecule has 1 aromatic heterocycles. The zero-order valence-electron chi connectivity index (χ0n) is 19.2. The Kier molecular flexibility index (Phi) is 6.67. The van der Waals surface area contributed by atoms with Gasteiger partial charge in [-0.05, 0) is 49.6 Å². The van der Waals surface area contributed by atoms with Crippen molar-refractivity contribution in [3.05, 3.63) is 65.5 Å². The number of sulfonamides is 1. The Balaban J connectivity index is 1.37. The zero-order chi connectivity index (χ0) is 23.6. The van der Waals surface area contributed by atoms with Gasteiger partial charge in [-0.15, -0.1) is 0 Å². The number of hydrogen-bond donors (Lipinski definition) is 1. The van der Waals surface area contributed by atoms with E-state index < -0.39 is 10.0 Å². The second-order valence-corrected chi connectivity index (χ2v) is 10.4. The highest BCUT2D eigenvalue weighted by Crippen LogP contribution is 2.27. The maximum atomic E-state index is 13.1. The third kappa shape index (κ3) is 4.72. The fraction of sp³-hybridized carbons (Fsp3) is 0.360. The Labute approximate surface area is 194 Å². The monoisotopic (exact) mass is 467 g/mol. The number of amides is 1. The number of hydrogen-bond acceptors (Lipinski definition) is 5. The van der Waals surface area contributed by atoms with Crippen LogP contribution >= 0.6 is 0 Å². The number of carbonyl (C=O) groups excluding carboxylic acids is 1. The molecular weight excluding hydrogens is 438 g/mol. The Morgan fingerprint density at radius 2 is 1.82 bits per heavy atom. The number of benzene rings is 2. The number of methoxy groups -OCH3 is 1. The minimum atomic E-state index is -3.60. The molecule has 3 aromatic rings. The molecule has 0 saturated carbocycles. The van der Waals surface area contributed by atoms with Crippen LogP contribution in [-0.4, -0.2) is 43.8 Å². The van der Waals surface area contributed by atoms with E-state index in [1.807, 2.05) is 44.2 Å². The lowest BCUT2D eigenvalue weighted by molar-refractivity contribution is -0.126. The molecule has 33 heavy (non-hydrogen) atoms. The Hall–Kier alpha value is -2.97. The molecule has 0 unspecified atom stereocenters. The van der Waals surface area contributed by atoms with E-state index in [-0.39, 0.29) is 11.8 Å². The normalized spacial score (nSPS) is 15.5. The number of ether oxygens (including phenoxy) is 1. The molecule has 2 aromatic carbocycles. The van der Waals surface area contributed by atoms with E-state index in [9.17, 15) is 13.2 Å². The number of aryl methyl sites for hydroxylation is 1. The first-order valence-corrected chi connectivity index (χ1v) is 12.5. The lowest BCUT2D eigenvalue weighted by atomic mass is 9.97. The van der Waals surface area contributed by atoms with E-state index in [4.69, 9.17) is 4.74 Å². The SMILES string of the molecule is COc1c(C)cnc(CNC(=O)C2CCN(S(=O)(=O)c3ccc4ccccc4c3)CC2)c1C. The topological polar surface area (TPSA) is 88.6 Å². The predicted molar refractivity (Wildman–Crippen MR) is 128 cm³/mol. The van der Waals surface area contributed by atoms with Crippen LogP contribution < -0.4 is 10.1 Å². The van der Waals surface area contributed by atoms with Crippen LogP contribution in [-0.2, 0) is 21.4 Å². The minimum Gasteiger partial charge on any atom is -0.496 e. The number of nitrogens with zero attached hydrogens (tertiary/aromatic N) is 2. The summed E-state index contributed by atoms with van der Waals surface area (Å²) in [6.07, 6.45) is 2.72. The molecule has 0 atom stereocenters. The van der Waals surface area contributed by atoms with Crippen LogP contribution in [0.15, 0.2) is 53.6 Å². The first-order chi connectivity index (χ1) is 15.8. The van der Waals surface area contributed by atoms with Crippen molar-refractivity contribution in [2.45, 2.75) is 38.1 Å². The molecule has 0 radical (unpaired) electrons. The van der Waals surface area contributed by atoms with Crippen molar-refractivity contribution in [2.24, 2.45) is 5.92 Å². The molecule has 0 spiro atoms. The second-order valence-electron chi connectivity index (χ2n) is 8.45. The summed E-state index contributed by atoms with van der Waals surface area (Å²) in [6, 6.07) is 12.9. The predicted octanol–water partition coefficient (Wildman–Crippen LogP) is 3.58. The van der Waals surface area contributed by atoms with E-state index in [1.165, 1.54) is 4.31 Å². The van der Waals surface area contributed by atoms with Crippen LogP contribution in [0.1, 0.15) is 29.7 Å². The molecule has 1 N–H and O–H groups in total. The summed E-state index contributed by atoms with van der Waals surface area (Å²) >= 11 is 0. The number of fused-ring (bicyclic) bond motifs is 1. The molecule has 0 bridgehead atoms. The number of piperidine rings is 1. The number of pyridine rings is 1. The largest absolute Gasteiger partial charge is 0.496 e. The number of aromatic nitrogens is 1. The van der Waals surface area contributed by atoms with Crippen molar-refractivity contribution in [3.8, 4) is 5.75 Å². The molecule has 8 heteroatoms. The summed E-state index contributed by atoms with van der Waals surface area (Å²) in [7, 11) is -1.98. The smallest absolute Gasteiger partial charge is 0.243 e. The van der Waals surface area contributed by atoms with E-state index >= 15 is 0 Å². The van der Waals surface area contributed by atoms with Crippen LogP contribution in [0.5, 0.6) is 5.75 Å². The summed E-state index contributed by atoms with van der Waals surface area (Å²) in [5.41, 5.74) is 2.63. The lowest BCUT2D eigenvalue weighted by Gasteiger charge is -2.30. The van der Waals surface area contributed by atoms with Crippen LogP contribution in [0.2, 0.25) is 0 Å². The Bertz CT molecular complexity index is 1280. The summed E-state index contributed by atoms with van der Waals surface area (Å²) in [4.78, 5) is 17.5. The third-order valence-corrected chi connectivity index (χ3v) is 8.26. The summed E-state index contributed by atoms with van der Waals surface area (Å²) < 4.78 is 33.2. The summed E-state index contributed by atoms with van der Waals surface area (Å²) in [5, 5.41) is 4.86. The second kappa shape index (κ2) is 9.49. The zero-order valence-corrected chi connectivity index (χ0v) is 20.0. The van der Waals surface area contributed by atoms with E-state index in [0.717, 1.165) is 33.3 Å². The van der Waals surface area contributed by atoms with Crippen molar-refractivity contribution in [1.29, 1.82) is 0 Å². The standard InChI is InChI=1S/C25H29N3O4S/c1-17-15-26-23(18(2)24(17)32-3)16-27-25(29)20-10-12-28(13-11-20)33(30,31)22-9-8-19-6-4-5-7-21(19)14-22/h4-9,14-15,20H,10-13,16H2,1-3H3,(H,27,29). The molecule has 174 valence electrons. The van der Waals surface area contributed by atoms with Gasteiger partial charge in [0, 0.05) is 36.3 Å². The van der Waals surface area contributed by atoms with Gasteiger partial charge in [0.2, 0.25) is 15.9 Å². The van der Waals surface area contributed by atoms with Crippen LogP contribution in [0.4, 0.5) is 0 Å². The van der Waals surface area contributed by atoms with Gasteiger partial charge in [-0.25, -0.2) is 8.42 Å². The number of nitrogens with one attached hydrogen (secondary N) is 1. The summed E-state index contributed by atoms with van der Waals surface area (Å²) in [6.45, 7) is 4.82. The van der Waals surface area contributed by atoms with Gasteiger partial charge in [-0.1, -0.05) is 30.3 Å². The molecule has 1 aliphatic rings. The summed E-state index contributed by atoms with van der Waals surface area (Å²) in [5.74, 6) is 0.487. The first kappa shape index (κ1) is 23.2. The number of rotatable bonds is 6. The van der Waals surface area contributed by atoms with E-state index in [0.29, 0.717) is 37.4 Å². The molecule has 1 amide bonds. The van der Waals surface area contributed by atoms with Crippen LogP contribution in [0.3, 0.4) is 0 Å². The fourth-order valence-electron chi connectivity index (χ4n) is 4.40. The highest BCUT2D eigenvalue weighted by atomic mass is 32.2. The van der Waals surface area contributed by atoms with Gasteiger partial charge in [-0.3, -0.25) is 9.78 Å². The van der Waals surface area contributed by atoms with Gasteiger partial charge >= 0.3 is 0 Å². The molecule has 2 heterocycles. The molecular formula is C25H29N3O4S. The van der Waals surface area contributed by atoms with Gasteiger partial charge < -0.3 is 10.1 Å². The van der Waals surface area contributed by atoms with Gasteiger partial charge in [0.1, 0.15) is 5.75 Å². The molecule has 1 aliphatic heterocycles. The van der Waals surface area contributed by atoms with Crippen molar-refractivity contribution in [1.82, 2.24) is 14.6 Å². The molecule has 7 nitrogen and oxygen atoms in total. The average molecular weight is 468 g/mol. The third-order valence-electron chi connectivity index (χ3n) is 6.36. The fourth-order valence-corrected chi connectivity index (χ4v) is 5.91. The quantitative estimate of drug-likeness (QED) is 0.599. The van der Waals surface area contributed by atoms with Crippen LogP contribution in [0, 0.1) is 19.8 Å². The Morgan fingerprint density at radius 3 is 2.52 bits per heavy atom. The number of carbonyl (C=O) groups is 1. The van der Waals surface area contributed by atoms with E-state index in [2.05, 4.69) is 10.3 Å². The average Bonchev–Trinajstić information content (AvgIpc) is 2.83. The maximum absolute atomic E-state index is 13.1.